The van der Waals surface area contributed by atoms with Crippen LogP contribution in [0.3, 0.4) is 0 Å². The molecule has 2 aromatic rings. The summed E-state index contributed by atoms with van der Waals surface area (Å²) in [6, 6.07) is 8.57. The Morgan fingerprint density at radius 1 is 1.12 bits per heavy atom. The van der Waals surface area contributed by atoms with Crippen molar-refractivity contribution in [3.8, 4) is 0 Å². The molecule has 1 saturated heterocycles. The van der Waals surface area contributed by atoms with Gasteiger partial charge in [0, 0.05) is 33.2 Å². The van der Waals surface area contributed by atoms with E-state index in [1.165, 1.54) is 12.8 Å². The Labute approximate surface area is 148 Å². The molecule has 1 unspecified atom stereocenters. The number of carbonyl (C=O) groups is 1. The van der Waals surface area contributed by atoms with Crippen molar-refractivity contribution in [2.24, 2.45) is 0 Å². The average molecular weight is 337 g/mol. The Balaban J connectivity index is 1.68. The summed E-state index contributed by atoms with van der Waals surface area (Å²) in [6.45, 7) is 1.79. The third-order valence-corrected chi connectivity index (χ3v) is 5.06. The number of fused-ring (bicyclic) bond motifs is 3. The first-order valence-corrected chi connectivity index (χ1v) is 8.82. The molecule has 1 fully saturated rings. The van der Waals surface area contributed by atoms with Gasteiger partial charge in [0.2, 0.25) is 0 Å². The number of carbonyl (C=O) groups excluding carboxylic acids is 1. The van der Waals surface area contributed by atoms with E-state index in [9.17, 15) is 4.79 Å². The molecule has 3 heterocycles. The summed E-state index contributed by atoms with van der Waals surface area (Å²) in [5.74, 6) is 0.671. The van der Waals surface area contributed by atoms with Gasteiger partial charge >= 0.3 is 0 Å². The molecule has 0 saturated carbocycles. The van der Waals surface area contributed by atoms with Crippen molar-refractivity contribution < 1.29 is 4.79 Å². The Hall–Kier alpha value is -2.63. The van der Waals surface area contributed by atoms with Crippen LogP contribution in [0.25, 0.3) is 0 Å². The summed E-state index contributed by atoms with van der Waals surface area (Å²) >= 11 is 0. The van der Waals surface area contributed by atoms with Crippen LogP contribution < -0.4 is 14.7 Å². The van der Waals surface area contributed by atoms with Crippen molar-refractivity contribution >= 4 is 23.1 Å². The number of nitrogens with zero attached hydrogens (tertiary/aromatic N) is 5. The van der Waals surface area contributed by atoms with Crippen LogP contribution in [0.2, 0.25) is 0 Å². The van der Waals surface area contributed by atoms with Crippen LogP contribution in [0, 0.1) is 0 Å². The van der Waals surface area contributed by atoms with Gasteiger partial charge in [0.15, 0.2) is 0 Å². The van der Waals surface area contributed by atoms with Crippen molar-refractivity contribution in [2.75, 3.05) is 41.9 Å². The number of amides is 1. The second-order valence-electron chi connectivity index (χ2n) is 6.90. The predicted molar refractivity (Wildman–Crippen MR) is 99.5 cm³/mol. The monoisotopic (exact) mass is 337 g/mol. The highest BCUT2D eigenvalue weighted by molar-refractivity contribution is 6.07. The Morgan fingerprint density at radius 2 is 1.92 bits per heavy atom. The highest BCUT2D eigenvalue weighted by Crippen LogP contribution is 2.38. The fourth-order valence-corrected chi connectivity index (χ4v) is 3.75. The molecule has 6 heteroatoms. The van der Waals surface area contributed by atoms with Crippen LogP contribution in [0.5, 0.6) is 0 Å². The number of aromatic nitrogens is 2. The van der Waals surface area contributed by atoms with Gasteiger partial charge in [0.05, 0.1) is 23.8 Å². The number of para-hydroxylation sites is 2. The van der Waals surface area contributed by atoms with Gasteiger partial charge < -0.3 is 14.7 Å². The minimum Gasteiger partial charge on any atom is -0.365 e. The molecule has 0 bridgehead atoms. The molecule has 6 nitrogen and oxygen atoms in total. The first-order chi connectivity index (χ1) is 12.1. The van der Waals surface area contributed by atoms with Gasteiger partial charge in [0.25, 0.3) is 5.91 Å². The second-order valence-corrected chi connectivity index (χ2v) is 6.90. The summed E-state index contributed by atoms with van der Waals surface area (Å²) in [6.07, 6.45) is 6.80. The van der Waals surface area contributed by atoms with Crippen molar-refractivity contribution in [3.63, 3.8) is 0 Å². The van der Waals surface area contributed by atoms with E-state index < -0.39 is 0 Å². The molecule has 1 atom stereocenters. The zero-order chi connectivity index (χ0) is 17.4. The highest BCUT2D eigenvalue weighted by Gasteiger charge is 2.35. The van der Waals surface area contributed by atoms with E-state index in [2.05, 4.69) is 20.9 Å². The van der Waals surface area contributed by atoms with Crippen LogP contribution in [-0.2, 0) is 0 Å². The van der Waals surface area contributed by atoms with Crippen molar-refractivity contribution in [3.05, 3.63) is 42.4 Å². The SMILES string of the molecule is CN(C)c1cnc(C(=O)N2CC3CCCCN3c3ccccc32)cn1. The van der Waals surface area contributed by atoms with Gasteiger partial charge in [-0.1, -0.05) is 12.1 Å². The number of anilines is 3. The van der Waals surface area contributed by atoms with Gasteiger partial charge in [-0.05, 0) is 31.4 Å². The smallest absolute Gasteiger partial charge is 0.278 e. The molecule has 1 amide bonds. The number of benzene rings is 1. The Kier molecular flexibility index (Phi) is 4.03. The quantitative estimate of drug-likeness (QED) is 0.843. The van der Waals surface area contributed by atoms with Crippen molar-refractivity contribution in [1.82, 2.24) is 9.97 Å². The van der Waals surface area contributed by atoms with Crippen molar-refractivity contribution in [1.29, 1.82) is 0 Å². The Bertz CT molecular complexity index is 774. The second kappa shape index (κ2) is 6.35. The Morgan fingerprint density at radius 3 is 2.64 bits per heavy atom. The topological polar surface area (TPSA) is 52.6 Å². The van der Waals surface area contributed by atoms with Crippen LogP contribution in [0.4, 0.5) is 17.2 Å². The van der Waals surface area contributed by atoms with Crippen LogP contribution in [0.1, 0.15) is 29.8 Å². The van der Waals surface area contributed by atoms with E-state index in [0.717, 1.165) is 30.2 Å². The maximum atomic E-state index is 13.1. The molecule has 1 aromatic heterocycles. The molecule has 4 rings (SSSR count). The summed E-state index contributed by atoms with van der Waals surface area (Å²) < 4.78 is 0. The summed E-state index contributed by atoms with van der Waals surface area (Å²) in [7, 11) is 3.81. The maximum absolute atomic E-state index is 13.1. The van der Waals surface area contributed by atoms with E-state index in [-0.39, 0.29) is 5.91 Å². The lowest BCUT2D eigenvalue weighted by atomic mass is 9.96. The maximum Gasteiger partial charge on any atom is 0.278 e. The zero-order valence-corrected chi connectivity index (χ0v) is 14.7. The molecular weight excluding hydrogens is 314 g/mol. The average Bonchev–Trinajstić information content (AvgIpc) is 2.67. The zero-order valence-electron chi connectivity index (χ0n) is 14.7. The number of hydrogen-bond acceptors (Lipinski definition) is 5. The van der Waals surface area contributed by atoms with E-state index in [4.69, 9.17) is 0 Å². The molecule has 0 N–H and O–H groups in total. The molecule has 1 aromatic carbocycles. The number of rotatable bonds is 2. The van der Waals surface area contributed by atoms with E-state index in [1.54, 1.807) is 12.4 Å². The summed E-state index contributed by atoms with van der Waals surface area (Å²) in [5, 5.41) is 0. The molecule has 25 heavy (non-hydrogen) atoms. The summed E-state index contributed by atoms with van der Waals surface area (Å²) in [4.78, 5) is 28.0. The first-order valence-electron chi connectivity index (χ1n) is 8.82. The molecule has 2 aliphatic heterocycles. The minimum absolute atomic E-state index is 0.0736. The molecule has 0 radical (unpaired) electrons. The van der Waals surface area contributed by atoms with Crippen LogP contribution in [-0.4, -0.2) is 49.1 Å². The van der Waals surface area contributed by atoms with Gasteiger partial charge in [-0.2, -0.15) is 0 Å². The lowest BCUT2D eigenvalue weighted by Gasteiger charge is -2.46. The molecule has 0 aliphatic carbocycles. The van der Waals surface area contributed by atoms with Crippen LogP contribution >= 0.6 is 0 Å². The fraction of sp³-hybridized carbons (Fsp3) is 0.421. The van der Waals surface area contributed by atoms with Gasteiger partial charge in [-0.25, -0.2) is 9.97 Å². The normalized spacial score (nSPS) is 19.2. The molecule has 0 spiro atoms. The third kappa shape index (κ3) is 2.81. The van der Waals surface area contributed by atoms with E-state index in [0.29, 0.717) is 18.3 Å². The minimum atomic E-state index is -0.0736. The fourth-order valence-electron chi connectivity index (χ4n) is 3.75. The van der Waals surface area contributed by atoms with Gasteiger partial charge in [-0.3, -0.25) is 4.79 Å². The molecular formula is C19H23N5O. The van der Waals surface area contributed by atoms with E-state index >= 15 is 0 Å². The first kappa shape index (κ1) is 15.9. The van der Waals surface area contributed by atoms with Gasteiger partial charge in [-0.15, -0.1) is 0 Å². The standard InChI is InChI=1S/C19H23N5O/c1-22(2)18-12-20-15(11-21-18)19(25)24-13-14-7-5-6-10-23(14)16-8-3-4-9-17(16)24/h3-4,8-9,11-12,14H,5-7,10,13H2,1-2H3. The highest BCUT2D eigenvalue weighted by atomic mass is 16.2. The van der Waals surface area contributed by atoms with Crippen molar-refractivity contribution in [2.45, 2.75) is 25.3 Å². The number of hydrogen-bond donors (Lipinski definition) is 0. The van der Waals surface area contributed by atoms with Crippen LogP contribution in [0.15, 0.2) is 36.7 Å². The lowest BCUT2D eigenvalue weighted by molar-refractivity contribution is 0.0977. The number of piperidine rings is 1. The molecule has 130 valence electrons. The van der Waals surface area contributed by atoms with Gasteiger partial charge in [0.1, 0.15) is 11.5 Å². The summed E-state index contributed by atoms with van der Waals surface area (Å²) in [5.41, 5.74) is 2.53. The lowest BCUT2D eigenvalue weighted by Crippen LogP contribution is -2.53. The third-order valence-electron chi connectivity index (χ3n) is 5.06. The molecule has 2 aliphatic rings. The largest absolute Gasteiger partial charge is 0.365 e. The predicted octanol–water partition coefficient (Wildman–Crippen LogP) is 2.56. The van der Waals surface area contributed by atoms with E-state index in [1.807, 2.05) is 42.1 Å².